The number of methoxy groups -OCH3 is 2. The molecule has 1 N–H and O–H groups in total. The standard InChI is InChI=1S/C17H18ClNO5S/c1-10(16(20)19-9-12-5-4-6-25-12)24-17(21)11-7-13(18)15(23-3)14(8-11)22-2/h4-8,10H,9H2,1-3H3,(H,19,20)/t10-/m0/s1. The molecule has 1 atom stereocenters. The van der Waals surface area contributed by atoms with E-state index in [0.29, 0.717) is 18.0 Å². The fourth-order valence-electron chi connectivity index (χ4n) is 2.05. The molecule has 0 saturated carbocycles. The highest BCUT2D eigenvalue weighted by molar-refractivity contribution is 7.09. The van der Waals surface area contributed by atoms with Gasteiger partial charge in [0, 0.05) is 4.88 Å². The first kappa shape index (κ1) is 19.1. The van der Waals surface area contributed by atoms with Crippen LogP contribution < -0.4 is 14.8 Å². The molecular weight excluding hydrogens is 366 g/mol. The van der Waals surface area contributed by atoms with E-state index in [0.717, 1.165) is 4.88 Å². The molecule has 25 heavy (non-hydrogen) atoms. The molecule has 0 aliphatic heterocycles. The van der Waals surface area contributed by atoms with E-state index in [-0.39, 0.29) is 16.5 Å². The average Bonchev–Trinajstić information content (AvgIpc) is 3.12. The maximum atomic E-state index is 12.3. The lowest BCUT2D eigenvalue weighted by atomic mass is 10.2. The molecule has 134 valence electrons. The molecule has 1 heterocycles. The Hall–Kier alpha value is -2.25. The molecule has 0 bridgehead atoms. The number of hydrogen-bond acceptors (Lipinski definition) is 6. The van der Waals surface area contributed by atoms with Crippen molar-refractivity contribution in [3.63, 3.8) is 0 Å². The minimum Gasteiger partial charge on any atom is -0.493 e. The van der Waals surface area contributed by atoms with Crippen molar-refractivity contribution in [2.24, 2.45) is 0 Å². The van der Waals surface area contributed by atoms with Gasteiger partial charge in [-0.25, -0.2) is 4.79 Å². The first-order chi connectivity index (χ1) is 12.0. The van der Waals surface area contributed by atoms with E-state index in [1.165, 1.54) is 44.6 Å². The van der Waals surface area contributed by atoms with E-state index in [2.05, 4.69) is 5.32 Å². The molecule has 1 aromatic carbocycles. The summed E-state index contributed by atoms with van der Waals surface area (Å²) in [5.74, 6) is -0.436. The molecule has 0 aliphatic rings. The predicted molar refractivity (Wildman–Crippen MR) is 95.6 cm³/mol. The summed E-state index contributed by atoms with van der Waals surface area (Å²) in [6.07, 6.45) is -0.945. The Morgan fingerprint density at radius 3 is 2.64 bits per heavy atom. The molecule has 1 amide bonds. The summed E-state index contributed by atoms with van der Waals surface area (Å²) in [4.78, 5) is 25.3. The second kappa shape index (κ2) is 8.73. The number of ether oxygens (including phenoxy) is 3. The van der Waals surface area contributed by atoms with Crippen molar-refractivity contribution >= 4 is 34.8 Å². The van der Waals surface area contributed by atoms with Crippen LogP contribution >= 0.6 is 22.9 Å². The summed E-state index contributed by atoms with van der Waals surface area (Å²) in [5, 5.41) is 4.85. The van der Waals surface area contributed by atoms with Crippen molar-refractivity contribution in [1.82, 2.24) is 5.32 Å². The minimum atomic E-state index is -0.945. The molecule has 0 saturated heterocycles. The molecule has 0 radical (unpaired) electrons. The van der Waals surface area contributed by atoms with E-state index in [1.807, 2.05) is 17.5 Å². The van der Waals surface area contributed by atoms with Gasteiger partial charge in [-0.3, -0.25) is 4.79 Å². The van der Waals surface area contributed by atoms with Crippen molar-refractivity contribution < 1.29 is 23.8 Å². The highest BCUT2D eigenvalue weighted by Crippen LogP contribution is 2.36. The molecule has 8 heteroatoms. The molecule has 1 aromatic heterocycles. The van der Waals surface area contributed by atoms with Crippen LogP contribution in [0, 0.1) is 0 Å². The van der Waals surface area contributed by atoms with E-state index >= 15 is 0 Å². The third-order valence-electron chi connectivity index (χ3n) is 3.34. The summed E-state index contributed by atoms with van der Waals surface area (Å²) in [6, 6.07) is 6.66. The number of amides is 1. The van der Waals surface area contributed by atoms with E-state index in [4.69, 9.17) is 25.8 Å². The second-order valence-corrected chi connectivity index (χ2v) is 6.48. The van der Waals surface area contributed by atoms with Crippen molar-refractivity contribution in [1.29, 1.82) is 0 Å². The van der Waals surface area contributed by atoms with Crippen LogP contribution in [0.4, 0.5) is 0 Å². The lowest BCUT2D eigenvalue weighted by molar-refractivity contribution is -0.129. The number of hydrogen-bond donors (Lipinski definition) is 1. The summed E-state index contributed by atoms with van der Waals surface area (Å²) in [6.45, 7) is 1.89. The summed E-state index contributed by atoms with van der Waals surface area (Å²) in [5.41, 5.74) is 0.167. The van der Waals surface area contributed by atoms with Gasteiger partial charge in [-0.05, 0) is 30.5 Å². The molecule has 6 nitrogen and oxygen atoms in total. The van der Waals surface area contributed by atoms with Gasteiger partial charge in [0.15, 0.2) is 17.6 Å². The van der Waals surface area contributed by atoms with Crippen molar-refractivity contribution in [2.75, 3.05) is 14.2 Å². The summed E-state index contributed by atoms with van der Waals surface area (Å²) < 4.78 is 15.5. The number of carbonyl (C=O) groups excluding carboxylic acids is 2. The van der Waals surface area contributed by atoms with Crippen molar-refractivity contribution in [3.8, 4) is 11.5 Å². The predicted octanol–water partition coefficient (Wildman–Crippen LogP) is 3.28. The van der Waals surface area contributed by atoms with Gasteiger partial charge in [-0.1, -0.05) is 17.7 Å². The van der Waals surface area contributed by atoms with Gasteiger partial charge in [0.1, 0.15) is 0 Å². The number of thiophene rings is 1. The zero-order valence-electron chi connectivity index (χ0n) is 14.0. The summed E-state index contributed by atoms with van der Waals surface area (Å²) >= 11 is 7.61. The Morgan fingerprint density at radius 1 is 1.28 bits per heavy atom. The largest absolute Gasteiger partial charge is 0.493 e. The minimum absolute atomic E-state index is 0.167. The lowest BCUT2D eigenvalue weighted by Crippen LogP contribution is -2.35. The third kappa shape index (κ3) is 4.87. The van der Waals surface area contributed by atoms with Gasteiger partial charge in [0.05, 0.1) is 31.4 Å². The zero-order valence-corrected chi connectivity index (χ0v) is 15.6. The first-order valence-electron chi connectivity index (χ1n) is 7.38. The monoisotopic (exact) mass is 383 g/mol. The molecule has 0 unspecified atom stereocenters. The molecule has 2 rings (SSSR count). The van der Waals surface area contributed by atoms with Crippen LogP contribution in [0.5, 0.6) is 11.5 Å². The van der Waals surface area contributed by atoms with Crippen molar-refractivity contribution in [3.05, 3.63) is 45.1 Å². The normalized spacial score (nSPS) is 11.5. The Kier molecular flexibility index (Phi) is 6.66. The number of rotatable bonds is 7. The zero-order chi connectivity index (χ0) is 18.4. The van der Waals surface area contributed by atoms with E-state index in [9.17, 15) is 9.59 Å². The van der Waals surface area contributed by atoms with Gasteiger partial charge < -0.3 is 19.5 Å². The SMILES string of the molecule is COc1cc(C(=O)O[C@@H](C)C(=O)NCc2cccs2)cc(Cl)c1OC. The van der Waals surface area contributed by atoms with Gasteiger partial charge in [0.25, 0.3) is 5.91 Å². The fourth-order valence-corrected chi connectivity index (χ4v) is 2.98. The quantitative estimate of drug-likeness (QED) is 0.743. The van der Waals surface area contributed by atoms with E-state index < -0.39 is 12.1 Å². The fraction of sp³-hybridized carbons (Fsp3) is 0.294. The Bertz CT molecular complexity index is 748. The van der Waals surface area contributed by atoms with Crippen LogP contribution in [0.25, 0.3) is 0 Å². The van der Waals surface area contributed by atoms with Crippen LogP contribution in [0.1, 0.15) is 22.2 Å². The van der Waals surface area contributed by atoms with Crippen LogP contribution in [-0.4, -0.2) is 32.2 Å². The van der Waals surface area contributed by atoms with Gasteiger partial charge in [-0.15, -0.1) is 11.3 Å². The average molecular weight is 384 g/mol. The number of nitrogens with one attached hydrogen (secondary N) is 1. The van der Waals surface area contributed by atoms with Gasteiger partial charge in [-0.2, -0.15) is 0 Å². The van der Waals surface area contributed by atoms with Crippen molar-refractivity contribution in [2.45, 2.75) is 19.6 Å². The second-order valence-electron chi connectivity index (χ2n) is 5.04. The molecule has 0 fully saturated rings. The molecule has 2 aromatic rings. The molecule has 0 aliphatic carbocycles. The van der Waals surface area contributed by atoms with Crippen LogP contribution in [0.15, 0.2) is 29.6 Å². The first-order valence-corrected chi connectivity index (χ1v) is 8.64. The summed E-state index contributed by atoms with van der Waals surface area (Å²) in [7, 11) is 2.88. The van der Waals surface area contributed by atoms with Crippen LogP contribution in [0.2, 0.25) is 5.02 Å². The van der Waals surface area contributed by atoms with Gasteiger partial charge >= 0.3 is 5.97 Å². The lowest BCUT2D eigenvalue weighted by Gasteiger charge is -2.15. The Morgan fingerprint density at radius 2 is 2.04 bits per heavy atom. The number of halogens is 1. The molecular formula is C17H18ClNO5S. The van der Waals surface area contributed by atoms with Crippen LogP contribution in [-0.2, 0) is 16.1 Å². The maximum absolute atomic E-state index is 12.3. The Balaban J connectivity index is 2.00. The topological polar surface area (TPSA) is 73.9 Å². The van der Waals surface area contributed by atoms with Crippen LogP contribution in [0.3, 0.4) is 0 Å². The van der Waals surface area contributed by atoms with E-state index in [1.54, 1.807) is 0 Å². The number of esters is 1. The highest BCUT2D eigenvalue weighted by atomic mass is 35.5. The number of benzene rings is 1. The Labute approximate surface area is 154 Å². The third-order valence-corrected chi connectivity index (χ3v) is 4.50. The highest BCUT2D eigenvalue weighted by Gasteiger charge is 2.21. The molecule has 0 spiro atoms. The smallest absolute Gasteiger partial charge is 0.339 e. The van der Waals surface area contributed by atoms with Gasteiger partial charge in [0.2, 0.25) is 0 Å². The maximum Gasteiger partial charge on any atom is 0.339 e. The number of carbonyl (C=O) groups is 2.